The highest BCUT2D eigenvalue weighted by atomic mass is 15.2. The summed E-state index contributed by atoms with van der Waals surface area (Å²) < 4.78 is 1.99. The van der Waals surface area contributed by atoms with Gasteiger partial charge in [-0.05, 0) is 33.9 Å². The topological polar surface area (TPSA) is 33.1 Å². The fourth-order valence-corrected chi connectivity index (χ4v) is 1.32. The molecule has 15 heavy (non-hydrogen) atoms. The van der Waals surface area contributed by atoms with Gasteiger partial charge in [0.1, 0.15) is 0 Å². The summed E-state index contributed by atoms with van der Waals surface area (Å²) in [4.78, 5) is 6.55. The molecule has 0 aliphatic rings. The van der Waals surface area contributed by atoms with Crippen molar-refractivity contribution in [2.24, 2.45) is 7.05 Å². The van der Waals surface area contributed by atoms with E-state index >= 15 is 0 Å². The molecule has 0 radical (unpaired) electrons. The summed E-state index contributed by atoms with van der Waals surface area (Å²) in [5.41, 5.74) is 0. The summed E-state index contributed by atoms with van der Waals surface area (Å²) in [6.45, 7) is 6.52. The lowest BCUT2D eigenvalue weighted by molar-refractivity contribution is 0.273. The van der Waals surface area contributed by atoms with Crippen molar-refractivity contribution in [3.8, 4) is 0 Å². The number of aryl methyl sites for hydroxylation is 1. The van der Waals surface area contributed by atoms with Crippen LogP contribution in [0.4, 0.5) is 5.95 Å². The van der Waals surface area contributed by atoms with E-state index in [9.17, 15) is 0 Å². The second kappa shape index (κ2) is 5.75. The van der Waals surface area contributed by atoms with E-state index in [0.29, 0.717) is 6.04 Å². The number of nitrogens with one attached hydrogen (secondary N) is 1. The normalized spacial score (nSPS) is 11.3. The van der Waals surface area contributed by atoms with E-state index in [1.807, 2.05) is 24.0 Å². The third kappa shape index (κ3) is 3.91. The lowest BCUT2D eigenvalue weighted by Crippen LogP contribution is -2.28. The van der Waals surface area contributed by atoms with Gasteiger partial charge < -0.3 is 14.8 Å². The van der Waals surface area contributed by atoms with Gasteiger partial charge in [0.2, 0.25) is 5.95 Å². The van der Waals surface area contributed by atoms with Crippen LogP contribution < -0.4 is 5.32 Å². The van der Waals surface area contributed by atoms with Crippen molar-refractivity contribution in [3.63, 3.8) is 0 Å². The number of anilines is 1. The van der Waals surface area contributed by atoms with Crippen molar-refractivity contribution in [2.45, 2.75) is 26.3 Å². The van der Waals surface area contributed by atoms with E-state index in [0.717, 1.165) is 25.5 Å². The fraction of sp³-hybridized carbons (Fsp3) is 0.727. The molecule has 4 nitrogen and oxygen atoms in total. The molecule has 1 N–H and O–H groups in total. The van der Waals surface area contributed by atoms with E-state index in [1.165, 1.54) is 0 Å². The number of rotatable bonds is 6. The van der Waals surface area contributed by atoms with Gasteiger partial charge in [-0.25, -0.2) is 4.98 Å². The second-order valence-corrected chi connectivity index (χ2v) is 4.22. The molecule has 0 spiro atoms. The first-order valence-corrected chi connectivity index (χ1v) is 5.52. The molecule has 0 saturated carbocycles. The predicted octanol–water partition coefficient (Wildman–Crippen LogP) is 1.56. The van der Waals surface area contributed by atoms with Crippen molar-refractivity contribution in [1.29, 1.82) is 0 Å². The third-order valence-corrected chi connectivity index (χ3v) is 2.67. The maximum absolute atomic E-state index is 4.21. The molecule has 1 aromatic rings. The Kier molecular flexibility index (Phi) is 4.62. The van der Waals surface area contributed by atoms with Crippen LogP contribution in [0.5, 0.6) is 0 Å². The molecule has 0 fully saturated rings. The standard InChI is InChI=1S/C11H22N4/c1-10(2)14(3)8-5-6-12-11-13-7-9-15(11)4/h7,9-10H,5-6,8H2,1-4H3,(H,12,13). The summed E-state index contributed by atoms with van der Waals surface area (Å²) in [6.07, 6.45) is 4.90. The van der Waals surface area contributed by atoms with E-state index < -0.39 is 0 Å². The van der Waals surface area contributed by atoms with Crippen molar-refractivity contribution in [3.05, 3.63) is 12.4 Å². The zero-order valence-corrected chi connectivity index (χ0v) is 10.2. The van der Waals surface area contributed by atoms with Gasteiger partial charge in [-0.2, -0.15) is 0 Å². The van der Waals surface area contributed by atoms with E-state index in [2.05, 4.69) is 36.1 Å². The maximum Gasteiger partial charge on any atom is 0.202 e. The van der Waals surface area contributed by atoms with Crippen LogP contribution in [0.1, 0.15) is 20.3 Å². The minimum absolute atomic E-state index is 0.623. The minimum atomic E-state index is 0.623. The summed E-state index contributed by atoms with van der Waals surface area (Å²) in [6, 6.07) is 0.623. The van der Waals surface area contributed by atoms with Crippen LogP contribution in [0.15, 0.2) is 12.4 Å². The lowest BCUT2D eigenvalue weighted by Gasteiger charge is -2.20. The van der Waals surface area contributed by atoms with Gasteiger partial charge in [-0.1, -0.05) is 0 Å². The maximum atomic E-state index is 4.21. The Labute approximate surface area is 92.3 Å². The Bertz CT molecular complexity index is 280. The zero-order chi connectivity index (χ0) is 11.3. The molecule has 1 rings (SSSR count). The molecule has 86 valence electrons. The fourth-order valence-electron chi connectivity index (χ4n) is 1.32. The first-order chi connectivity index (χ1) is 7.11. The highest BCUT2D eigenvalue weighted by Crippen LogP contribution is 2.01. The first-order valence-electron chi connectivity index (χ1n) is 5.52. The molecule has 1 aromatic heterocycles. The van der Waals surface area contributed by atoms with Crippen LogP contribution in [-0.4, -0.2) is 40.6 Å². The summed E-state index contributed by atoms with van der Waals surface area (Å²) >= 11 is 0. The summed E-state index contributed by atoms with van der Waals surface area (Å²) in [5.74, 6) is 0.946. The highest BCUT2D eigenvalue weighted by Gasteiger charge is 2.02. The monoisotopic (exact) mass is 210 g/mol. The molecule has 0 bridgehead atoms. The van der Waals surface area contributed by atoms with Gasteiger partial charge in [-0.3, -0.25) is 0 Å². The van der Waals surface area contributed by atoms with Crippen LogP contribution >= 0.6 is 0 Å². The summed E-state index contributed by atoms with van der Waals surface area (Å²) in [5, 5.41) is 3.31. The van der Waals surface area contributed by atoms with E-state index in [1.54, 1.807) is 0 Å². The average Bonchev–Trinajstić information content (AvgIpc) is 2.58. The van der Waals surface area contributed by atoms with Gasteiger partial charge in [0, 0.05) is 32.0 Å². The number of imidazole rings is 1. The van der Waals surface area contributed by atoms with Gasteiger partial charge >= 0.3 is 0 Å². The van der Waals surface area contributed by atoms with Crippen LogP contribution in [0.2, 0.25) is 0 Å². The van der Waals surface area contributed by atoms with Crippen molar-refractivity contribution < 1.29 is 0 Å². The van der Waals surface area contributed by atoms with Gasteiger partial charge in [0.15, 0.2) is 0 Å². The molecule has 0 aromatic carbocycles. The highest BCUT2D eigenvalue weighted by molar-refractivity contribution is 5.24. The average molecular weight is 210 g/mol. The summed E-state index contributed by atoms with van der Waals surface area (Å²) in [7, 11) is 4.15. The van der Waals surface area contributed by atoms with Crippen LogP contribution in [0.25, 0.3) is 0 Å². The molecular weight excluding hydrogens is 188 g/mol. The lowest BCUT2D eigenvalue weighted by atomic mass is 10.3. The Hall–Kier alpha value is -1.03. The van der Waals surface area contributed by atoms with Crippen molar-refractivity contribution in [1.82, 2.24) is 14.5 Å². The molecule has 0 aliphatic heterocycles. The minimum Gasteiger partial charge on any atom is -0.356 e. The molecular formula is C11H22N4. The third-order valence-electron chi connectivity index (χ3n) is 2.67. The number of aromatic nitrogens is 2. The second-order valence-electron chi connectivity index (χ2n) is 4.22. The quantitative estimate of drug-likeness (QED) is 0.723. The smallest absolute Gasteiger partial charge is 0.202 e. The molecule has 1 heterocycles. The van der Waals surface area contributed by atoms with Crippen molar-refractivity contribution >= 4 is 5.95 Å². The van der Waals surface area contributed by atoms with Gasteiger partial charge in [0.25, 0.3) is 0 Å². The predicted molar refractivity (Wildman–Crippen MR) is 64.1 cm³/mol. The van der Waals surface area contributed by atoms with Crippen molar-refractivity contribution in [2.75, 3.05) is 25.5 Å². The number of hydrogen-bond acceptors (Lipinski definition) is 3. The number of hydrogen-bond donors (Lipinski definition) is 1. The van der Waals surface area contributed by atoms with E-state index in [-0.39, 0.29) is 0 Å². The Morgan fingerprint density at radius 3 is 2.80 bits per heavy atom. The Balaban J connectivity index is 2.15. The van der Waals surface area contributed by atoms with Crippen LogP contribution in [0.3, 0.4) is 0 Å². The van der Waals surface area contributed by atoms with Crippen LogP contribution in [0, 0.1) is 0 Å². The largest absolute Gasteiger partial charge is 0.356 e. The molecule has 0 aliphatic carbocycles. The molecule has 0 atom stereocenters. The molecule has 0 unspecified atom stereocenters. The Morgan fingerprint density at radius 1 is 1.53 bits per heavy atom. The van der Waals surface area contributed by atoms with Crippen LogP contribution in [-0.2, 0) is 7.05 Å². The van der Waals surface area contributed by atoms with E-state index in [4.69, 9.17) is 0 Å². The van der Waals surface area contributed by atoms with Gasteiger partial charge in [-0.15, -0.1) is 0 Å². The molecule has 4 heteroatoms. The Morgan fingerprint density at radius 2 is 2.27 bits per heavy atom. The number of nitrogens with zero attached hydrogens (tertiary/aromatic N) is 3. The van der Waals surface area contributed by atoms with Gasteiger partial charge in [0.05, 0.1) is 0 Å². The zero-order valence-electron chi connectivity index (χ0n) is 10.2. The first kappa shape index (κ1) is 12.0. The molecule has 0 amide bonds. The molecule has 0 saturated heterocycles. The SMILES string of the molecule is CC(C)N(C)CCCNc1nccn1C.